The van der Waals surface area contributed by atoms with Crippen LogP contribution in [0.4, 0.5) is 0 Å². The van der Waals surface area contributed by atoms with Gasteiger partial charge in [0.15, 0.2) is 0 Å². The van der Waals surface area contributed by atoms with Gasteiger partial charge in [0.05, 0.1) is 5.92 Å². The fourth-order valence-corrected chi connectivity index (χ4v) is 2.93. The van der Waals surface area contributed by atoms with E-state index >= 15 is 0 Å². The maximum Gasteiger partial charge on any atom is 0.306 e. The summed E-state index contributed by atoms with van der Waals surface area (Å²) in [5, 5.41) is 11.9. The zero-order valence-electron chi connectivity index (χ0n) is 12.4. The van der Waals surface area contributed by atoms with E-state index in [9.17, 15) is 9.59 Å². The lowest BCUT2D eigenvalue weighted by atomic mass is 9.96. The minimum Gasteiger partial charge on any atom is -0.481 e. The molecule has 0 spiro atoms. The molecule has 2 rings (SSSR count). The third-order valence-electron chi connectivity index (χ3n) is 4.32. The molecule has 1 aliphatic carbocycles. The van der Waals surface area contributed by atoms with Crippen molar-refractivity contribution in [3.63, 3.8) is 0 Å². The Labute approximate surface area is 125 Å². The Morgan fingerprint density at radius 1 is 1.29 bits per heavy atom. The van der Waals surface area contributed by atoms with Crippen molar-refractivity contribution in [1.82, 2.24) is 5.32 Å². The zero-order chi connectivity index (χ0) is 15.2. The van der Waals surface area contributed by atoms with E-state index in [-0.39, 0.29) is 17.9 Å². The smallest absolute Gasteiger partial charge is 0.306 e. The van der Waals surface area contributed by atoms with E-state index in [1.165, 1.54) is 5.56 Å². The number of hydrogen-bond donors (Lipinski definition) is 2. The minimum atomic E-state index is -0.746. The summed E-state index contributed by atoms with van der Waals surface area (Å²) in [4.78, 5) is 22.8. The first-order valence-electron chi connectivity index (χ1n) is 7.63. The Morgan fingerprint density at radius 2 is 2.00 bits per heavy atom. The highest BCUT2D eigenvalue weighted by atomic mass is 16.4. The molecule has 1 unspecified atom stereocenters. The molecule has 21 heavy (non-hydrogen) atoms. The molecule has 0 saturated heterocycles. The molecule has 3 atom stereocenters. The summed E-state index contributed by atoms with van der Waals surface area (Å²) in [7, 11) is 0. The number of amides is 1. The van der Waals surface area contributed by atoms with Crippen LogP contribution in [-0.4, -0.2) is 23.0 Å². The standard InChI is InChI=1S/C17H23NO3/c1-12(13-5-3-2-4-6-13)7-10-16(19)18-15-9-8-14(11-15)17(20)21/h2-6,12,14-15H,7-11H2,1H3,(H,18,19)(H,20,21)/t12?,14-,15+/m1/s1. The Balaban J connectivity index is 1.72. The van der Waals surface area contributed by atoms with E-state index in [0.29, 0.717) is 25.2 Å². The number of aliphatic carboxylic acids is 1. The molecule has 0 heterocycles. The van der Waals surface area contributed by atoms with Crippen LogP contribution < -0.4 is 5.32 Å². The Kier molecular flexibility index (Phi) is 5.37. The van der Waals surface area contributed by atoms with Crippen LogP contribution in [0, 0.1) is 5.92 Å². The van der Waals surface area contributed by atoms with Crippen molar-refractivity contribution in [2.45, 2.75) is 51.0 Å². The second-order valence-corrected chi connectivity index (χ2v) is 5.96. The maximum atomic E-state index is 12.0. The van der Waals surface area contributed by atoms with Crippen LogP contribution in [0.5, 0.6) is 0 Å². The van der Waals surface area contributed by atoms with E-state index in [1.54, 1.807) is 0 Å². The summed E-state index contributed by atoms with van der Waals surface area (Å²) in [6, 6.07) is 10.2. The second-order valence-electron chi connectivity index (χ2n) is 5.96. The van der Waals surface area contributed by atoms with Crippen molar-refractivity contribution in [3.05, 3.63) is 35.9 Å². The molecule has 1 aromatic rings. The molecule has 2 N–H and O–H groups in total. The first kappa shape index (κ1) is 15.5. The quantitative estimate of drug-likeness (QED) is 0.846. The lowest BCUT2D eigenvalue weighted by molar-refractivity contribution is -0.141. The van der Waals surface area contributed by atoms with Crippen molar-refractivity contribution in [1.29, 1.82) is 0 Å². The van der Waals surface area contributed by atoms with Gasteiger partial charge in [0, 0.05) is 12.5 Å². The molecule has 1 aromatic carbocycles. The maximum absolute atomic E-state index is 12.0. The van der Waals surface area contributed by atoms with Gasteiger partial charge in [0.25, 0.3) is 0 Å². The van der Waals surface area contributed by atoms with Crippen LogP contribution in [0.3, 0.4) is 0 Å². The molecule has 1 saturated carbocycles. The van der Waals surface area contributed by atoms with Gasteiger partial charge in [-0.3, -0.25) is 9.59 Å². The van der Waals surface area contributed by atoms with Gasteiger partial charge < -0.3 is 10.4 Å². The van der Waals surface area contributed by atoms with Crippen molar-refractivity contribution in [3.8, 4) is 0 Å². The molecule has 1 amide bonds. The van der Waals surface area contributed by atoms with Crippen LogP contribution in [0.15, 0.2) is 30.3 Å². The zero-order valence-corrected chi connectivity index (χ0v) is 12.4. The summed E-state index contributed by atoms with van der Waals surface area (Å²) in [6.45, 7) is 2.12. The number of rotatable bonds is 6. The molecule has 1 aliphatic rings. The molecule has 1 fully saturated rings. The number of hydrogen-bond acceptors (Lipinski definition) is 2. The van der Waals surface area contributed by atoms with Gasteiger partial charge in [-0.1, -0.05) is 37.3 Å². The molecular weight excluding hydrogens is 266 g/mol. The Morgan fingerprint density at radius 3 is 2.62 bits per heavy atom. The lowest BCUT2D eigenvalue weighted by Crippen LogP contribution is -2.33. The van der Waals surface area contributed by atoms with E-state index in [2.05, 4.69) is 24.4 Å². The van der Waals surface area contributed by atoms with Gasteiger partial charge in [-0.05, 0) is 37.2 Å². The van der Waals surface area contributed by atoms with Gasteiger partial charge in [-0.15, -0.1) is 0 Å². The van der Waals surface area contributed by atoms with Crippen LogP contribution in [0.25, 0.3) is 0 Å². The van der Waals surface area contributed by atoms with E-state index in [1.807, 2.05) is 18.2 Å². The number of carbonyl (C=O) groups is 2. The minimum absolute atomic E-state index is 0.0330. The van der Waals surface area contributed by atoms with Crippen LogP contribution >= 0.6 is 0 Å². The second kappa shape index (κ2) is 7.25. The highest BCUT2D eigenvalue weighted by Crippen LogP contribution is 2.26. The number of benzene rings is 1. The SMILES string of the molecule is CC(CCC(=O)N[C@H]1CC[C@@H](C(=O)O)C1)c1ccccc1. The third kappa shape index (κ3) is 4.59. The number of carboxylic acid groups (broad SMARTS) is 1. The summed E-state index contributed by atoms with van der Waals surface area (Å²) < 4.78 is 0. The summed E-state index contributed by atoms with van der Waals surface area (Å²) in [5.74, 6) is -0.649. The fraction of sp³-hybridized carbons (Fsp3) is 0.529. The lowest BCUT2D eigenvalue weighted by Gasteiger charge is -2.15. The van der Waals surface area contributed by atoms with Gasteiger partial charge in [-0.25, -0.2) is 0 Å². The van der Waals surface area contributed by atoms with E-state index < -0.39 is 5.97 Å². The molecule has 0 radical (unpaired) electrons. The number of carboxylic acids is 1. The summed E-state index contributed by atoms with van der Waals surface area (Å²) >= 11 is 0. The number of carbonyl (C=O) groups excluding carboxylic acids is 1. The average Bonchev–Trinajstić information content (AvgIpc) is 2.94. The topological polar surface area (TPSA) is 66.4 Å². The van der Waals surface area contributed by atoms with E-state index in [0.717, 1.165) is 12.8 Å². The first-order chi connectivity index (χ1) is 10.1. The van der Waals surface area contributed by atoms with E-state index in [4.69, 9.17) is 5.11 Å². The average molecular weight is 289 g/mol. The molecule has 4 nitrogen and oxygen atoms in total. The van der Waals surface area contributed by atoms with Crippen LogP contribution in [0.2, 0.25) is 0 Å². The highest BCUT2D eigenvalue weighted by molar-refractivity contribution is 5.76. The van der Waals surface area contributed by atoms with Crippen molar-refractivity contribution < 1.29 is 14.7 Å². The van der Waals surface area contributed by atoms with Gasteiger partial charge >= 0.3 is 5.97 Å². The summed E-state index contributed by atoms with van der Waals surface area (Å²) in [5.41, 5.74) is 1.25. The predicted molar refractivity (Wildman–Crippen MR) is 81.0 cm³/mol. The highest BCUT2D eigenvalue weighted by Gasteiger charge is 2.30. The van der Waals surface area contributed by atoms with Crippen LogP contribution in [0.1, 0.15) is 50.5 Å². The predicted octanol–water partition coefficient (Wildman–Crippen LogP) is 2.94. The number of nitrogens with one attached hydrogen (secondary N) is 1. The van der Waals surface area contributed by atoms with Crippen molar-refractivity contribution in [2.75, 3.05) is 0 Å². The first-order valence-corrected chi connectivity index (χ1v) is 7.63. The van der Waals surface area contributed by atoms with Crippen LogP contribution in [-0.2, 0) is 9.59 Å². The molecular formula is C17H23NO3. The van der Waals surface area contributed by atoms with Crippen molar-refractivity contribution in [2.24, 2.45) is 5.92 Å². The van der Waals surface area contributed by atoms with Gasteiger partial charge in [-0.2, -0.15) is 0 Å². The molecule has 0 aromatic heterocycles. The fourth-order valence-electron chi connectivity index (χ4n) is 2.93. The molecule has 0 aliphatic heterocycles. The Hall–Kier alpha value is -1.84. The largest absolute Gasteiger partial charge is 0.481 e. The normalized spacial score (nSPS) is 22.7. The van der Waals surface area contributed by atoms with Gasteiger partial charge in [0.1, 0.15) is 0 Å². The van der Waals surface area contributed by atoms with Crippen molar-refractivity contribution >= 4 is 11.9 Å². The molecule has 0 bridgehead atoms. The third-order valence-corrected chi connectivity index (χ3v) is 4.32. The molecule has 114 valence electrons. The monoisotopic (exact) mass is 289 g/mol. The summed E-state index contributed by atoms with van der Waals surface area (Å²) in [6.07, 6.45) is 3.31. The van der Waals surface area contributed by atoms with Gasteiger partial charge in [0.2, 0.25) is 5.91 Å². The molecule has 4 heteroatoms. The Bertz CT molecular complexity index is 486.